The molecule has 0 aliphatic rings. The standard InChI is InChI=1S/C16H22N4O2.C9H14N2O.C7H10N2O2.2H2O.2W/c1-7-13(9-22-6)8-10(2)15(17)18-16(21)14-11(3)12(4)19-20(14)5;1-4-8(6-12-3)5-7(2)9(10)11;1-4-5(2)8-9(3)6(4)7(10)11;;;;/h7-8H,1-6H3,(H2,17,18,21);4-5H,1-3H3,(H3,10,11);1-3H3,(H,10,11);2*1H2;;/b10-8+,13-7+;7-5+,8-4+;;;;;. The molecule has 0 saturated heterocycles. The number of carbonyl (C=O) groups excluding carboxylic acids is 1. The SMILES string of the molecule is C/C=C(\C=C(/C)C(=N)N)[C](=[W])OC.C/C=C(\C=C(/C)C(=N)NC(=O)c1c(C)c(C)nn1C)[C](=[W])OC.Cc1nn(C)c(C(=O)O)c1C.O.O. The van der Waals surface area contributed by atoms with Crippen LogP contribution in [0.4, 0.5) is 0 Å². The van der Waals surface area contributed by atoms with E-state index in [1.807, 2.05) is 58.9 Å². The Morgan fingerprint density at radius 3 is 1.45 bits per heavy atom. The number of hydrogen-bond donors (Lipinski definition) is 5. The Kier molecular flexibility index (Phi) is 24.1. The van der Waals surface area contributed by atoms with E-state index in [0.717, 1.165) is 47.4 Å². The number of carboxylic acid groups (broad SMARTS) is 1. The number of amidine groups is 2. The van der Waals surface area contributed by atoms with Gasteiger partial charge in [0.25, 0.3) is 0 Å². The number of allylic oxidation sites excluding steroid dienone is 2. The van der Waals surface area contributed by atoms with Gasteiger partial charge >= 0.3 is 243 Å². The van der Waals surface area contributed by atoms with Crippen molar-refractivity contribution in [3.63, 3.8) is 0 Å². The van der Waals surface area contributed by atoms with E-state index in [9.17, 15) is 9.59 Å². The predicted molar refractivity (Wildman–Crippen MR) is 186 cm³/mol. The van der Waals surface area contributed by atoms with Crippen LogP contribution in [0.15, 0.2) is 46.6 Å². The van der Waals surface area contributed by atoms with Gasteiger partial charge in [-0.2, -0.15) is 5.10 Å². The van der Waals surface area contributed by atoms with Crippen molar-refractivity contribution in [3.8, 4) is 0 Å². The molecule has 0 aliphatic heterocycles. The number of carbonyl (C=O) groups is 2. The van der Waals surface area contributed by atoms with Gasteiger partial charge in [0.15, 0.2) is 0 Å². The molecule has 0 fully saturated rings. The maximum Gasteiger partial charge on any atom is 0.354 e. The van der Waals surface area contributed by atoms with Gasteiger partial charge in [-0.1, -0.05) is 0 Å². The van der Waals surface area contributed by atoms with Gasteiger partial charge in [0.05, 0.1) is 5.69 Å². The minimum absolute atomic E-state index is 0. The van der Waals surface area contributed by atoms with Crippen molar-refractivity contribution in [1.29, 1.82) is 10.8 Å². The third-order valence-corrected chi connectivity index (χ3v) is 9.62. The summed E-state index contributed by atoms with van der Waals surface area (Å²) >= 11 is 2.47. The van der Waals surface area contributed by atoms with Gasteiger partial charge in [0.2, 0.25) is 0 Å². The Morgan fingerprint density at radius 2 is 1.18 bits per heavy atom. The van der Waals surface area contributed by atoms with Gasteiger partial charge in [-0.05, 0) is 13.8 Å². The summed E-state index contributed by atoms with van der Waals surface area (Å²) in [5.41, 5.74) is 12.5. The Morgan fingerprint density at radius 1 is 0.816 bits per heavy atom. The van der Waals surface area contributed by atoms with Crippen LogP contribution < -0.4 is 11.1 Å². The molecule has 2 rings (SSSR count). The summed E-state index contributed by atoms with van der Waals surface area (Å²) in [6, 6.07) is 0. The summed E-state index contributed by atoms with van der Waals surface area (Å²) < 4.78 is 15.0. The fraction of sp³-hybridized carbons (Fsp3) is 0.375. The van der Waals surface area contributed by atoms with Gasteiger partial charge in [-0.15, -0.1) is 0 Å². The van der Waals surface area contributed by atoms with Crippen LogP contribution in [0.5, 0.6) is 0 Å². The number of amides is 1. The summed E-state index contributed by atoms with van der Waals surface area (Å²) in [5, 5.41) is 34.8. The molecule has 0 bridgehead atoms. The third-order valence-electron chi connectivity index (χ3n) is 6.73. The summed E-state index contributed by atoms with van der Waals surface area (Å²) in [6.45, 7) is 14.7. The van der Waals surface area contributed by atoms with Crippen molar-refractivity contribution in [2.45, 2.75) is 55.4 Å². The largest absolute Gasteiger partial charge is 0.477 e. The van der Waals surface area contributed by atoms with E-state index >= 15 is 0 Å². The molecule has 2 aromatic rings. The summed E-state index contributed by atoms with van der Waals surface area (Å²) in [4.78, 5) is 23.0. The van der Waals surface area contributed by atoms with Crippen LogP contribution in [-0.2, 0) is 62.3 Å². The van der Waals surface area contributed by atoms with Crippen molar-refractivity contribution in [2.75, 3.05) is 14.2 Å². The predicted octanol–water partition coefficient (Wildman–Crippen LogP) is 2.18. The zero-order valence-electron chi connectivity index (χ0n) is 30.1. The van der Waals surface area contributed by atoms with E-state index in [1.54, 1.807) is 49.1 Å². The molecule has 2 heterocycles. The quantitative estimate of drug-likeness (QED) is 0.134. The first kappa shape index (κ1) is 49.8. The average molecular weight is 1030 g/mol. The molecule has 0 spiro atoms. The topological polar surface area (TPSA) is 257 Å². The minimum Gasteiger partial charge on any atom is -0.477 e. The zero-order valence-corrected chi connectivity index (χ0v) is 35.9. The van der Waals surface area contributed by atoms with Gasteiger partial charge in [-0.25, -0.2) is 4.79 Å². The molecule has 10 N–H and O–H groups in total. The average Bonchev–Trinajstić information content (AvgIpc) is 3.43. The maximum absolute atomic E-state index is 12.4. The fourth-order valence-electron chi connectivity index (χ4n) is 3.79. The first-order valence-corrected chi connectivity index (χ1v) is 17.1. The van der Waals surface area contributed by atoms with Gasteiger partial charge in [0, 0.05) is 12.6 Å². The molecule has 17 heteroatoms. The van der Waals surface area contributed by atoms with Crippen LogP contribution in [0, 0.1) is 38.5 Å². The number of aromatic nitrogens is 4. The van der Waals surface area contributed by atoms with Gasteiger partial charge < -0.3 is 16.1 Å². The summed E-state index contributed by atoms with van der Waals surface area (Å²) in [7, 11) is 6.61. The Balaban J connectivity index is -0.000000693. The number of aryl methyl sites for hydroxylation is 4. The van der Waals surface area contributed by atoms with E-state index < -0.39 is 5.97 Å². The molecule has 15 nitrogen and oxygen atoms in total. The Bertz CT molecular complexity index is 1660. The molecule has 2 aromatic heterocycles. The second kappa shape index (κ2) is 23.7. The fourth-order valence-corrected chi connectivity index (χ4v) is 5.06. The minimum atomic E-state index is -0.925. The molecule has 0 aromatic carbocycles. The smallest absolute Gasteiger partial charge is 0.354 e. The number of ether oxygens (including phenoxy) is 2. The molecule has 0 saturated carbocycles. The molecule has 49 heavy (non-hydrogen) atoms. The molecular formula is C32H50N8O7W2. The van der Waals surface area contributed by atoms with E-state index in [2.05, 4.69) is 15.5 Å². The van der Waals surface area contributed by atoms with Crippen molar-refractivity contribution in [3.05, 3.63) is 80.5 Å². The molecule has 1 amide bonds. The second-order valence-corrected chi connectivity index (χ2v) is 12.7. The van der Waals surface area contributed by atoms with Gasteiger partial charge in [0.1, 0.15) is 5.69 Å². The van der Waals surface area contributed by atoms with E-state index in [4.69, 9.17) is 31.1 Å². The normalized spacial score (nSPS) is 11.4. The van der Waals surface area contributed by atoms with Crippen LogP contribution in [0.3, 0.4) is 0 Å². The number of carboxylic acids is 1. The van der Waals surface area contributed by atoms with Crippen LogP contribution in [0.1, 0.15) is 71.2 Å². The van der Waals surface area contributed by atoms with E-state index in [-0.39, 0.29) is 34.2 Å². The van der Waals surface area contributed by atoms with Crippen molar-refractivity contribution >= 4 is 31.7 Å². The van der Waals surface area contributed by atoms with E-state index in [1.165, 1.54) is 48.1 Å². The summed E-state index contributed by atoms with van der Waals surface area (Å²) in [5.74, 6) is -1.10. The number of nitrogens with zero attached hydrogens (tertiary/aromatic N) is 4. The van der Waals surface area contributed by atoms with Crippen molar-refractivity contribution in [1.82, 2.24) is 24.9 Å². The van der Waals surface area contributed by atoms with Crippen molar-refractivity contribution in [2.24, 2.45) is 19.8 Å². The zero-order chi connectivity index (χ0) is 36.8. The molecule has 0 radical (unpaired) electrons. The Hall–Kier alpha value is -3.58. The number of methoxy groups -OCH3 is 2. The molecule has 0 atom stereocenters. The molecule has 0 aliphatic carbocycles. The first-order chi connectivity index (χ1) is 21.8. The molecule has 272 valence electrons. The van der Waals surface area contributed by atoms with E-state index in [0.29, 0.717) is 11.3 Å². The van der Waals surface area contributed by atoms with Gasteiger partial charge in [-0.3, -0.25) is 4.68 Å². The molecular weight excluding hydrogens is 976 g/mol. The summed E-state index contributed by atoms with van der Waals surface area (Å²) in [6.07, 6.45) is 7.54. The maximum atomic E-state index is 12.4. The van der Waals surface area contributed by atoms with Crippen LogP contribution >= 0.6 is 0 Å². The second-order valence-electron chi connectivity index (χ2n) is 10.0. The van der Waals surface area contributed by atoms with Crippen LogP contribution in [0.2, 0.25) is 0 Å². The van der Waals surface area contributed by atoms with Crippen molar-refractivity contribution < 1.29 is 73.8 Å². The number of aromatic carboxylic acids is 1. The number of nitrogens with two attached hydrogens (primary N) is 1. The molecule has 0 unspecified atom stereocenters. The number of rotatable bonds is 10. The first-order valence-electron chi connectivity index (χ1n) is 14.1. The number of nitrogens with one attached hydrogen (secondary N) is 3. The monoisotopic (exact) mass is 1030 g/mol. The Labute approximate surface area is 309 Å². The number of hydrogen-bond acceptors (Lipinski definition) is 8. The van der Waals surface area contributed by atoms with Crippen LogP contribution in [-0.4, -0.2) is 81.6 Å². The van der Waals surface area contributed by atoms with Crippen LogP contribution in [0.25, 0.3) is 0 Å². The third kappa shape index (κ3) is 15.2.